The molecule has 2 unspecified atom stereocenters. The summed E-state index contributed by atoms with van der Waals surface area (Å²) in [5.41, 5.74) is 1.81. The lowest BCUT2D eigenvalue weighted by atomic mass is 10.0. The van der Waals surface area contributed by atoms with Crippen molar-refractivity contribution in [1.29, 1.82) is 0 Å². The third-order valence-electron chi connectivity index (χ3n) is 3.09. The third-order valence-corrected chi connectivity index (χ3v) is 3.33. The van der Waals surface area contributed by atoms with Crippen molar-refractivity contribution in [3.63, 3.8) is 0 Å². The number of aromatic nitrogens is 1. The first kappa shape index (κ1) is 14.5. The summed E-state index contributed by atoms with van der Waals surface area (Å²) < 4.78 is 0. The molecule has 6 heteroatoms. The van der Waals surface area contributed by atoms with Gasteiger partial charge in [0.25, 0.3) is 0 Å². The smallest absolute Gasteiger partial charge is 0.326 e. The Labute approximate surface area is 121 Å². The first-order valence-electron chi connectivity index (χ1n) is 6.25. The molecule has 3 N–H and O–H groups in total. The highest BCUT2D eigenvalue weighted by molar-refractivity contribution is 7.81. The average Bonchev–Trinajstić information content (AvgIpc) is 2.81. The molecular formula is C14H16N2O3S. The monoisotopic (exact) mass is 292 g/mol. The van der Waals surface area contributed by atoms with Crippen molar-refractivity contribution in [1.82, 2.24) is 10.3 Å². The van der Waals surface area contributed by atoms with Gasteiger partial charge >= 0.3 is 5.97 Å². The van der Waals surface area contributed by atoms with E-state index < -0.39 is 17.3 Å². The van der Waals surface area contributed by atoms with Gasteiger partial charge in [-0.1, -0.05) is 18.2 Å². The molecule has 0 bridgehead atoms. The third kappa shape index (κ3) is 3.14. The Morgan fingerprint density at radius 1 is 1.40 bits per heavy atom. The highest BCUT2D eigenvalue weighted by Crippen LogP contribution is 2.19. The van der Waals surface area contributed by atoms with E-state index in [1.54, 1.807) is 13.1 Å². The van der Waals surface area contributed by atoms with Crippen molar-refractivity contribution in [2.24, 2.45) is 0 Å². The van der Waals surface area contributed by atoms with Crippen molar-refractivity contribution >= 4 is 35.4 Å². The molecule has 0 radical (unpaired) electrons. The number of hydrogen-bond acceptors (Lipinski definition) is 3. The second-order valence-corrected chi connectivity index (χ2v) is 5.41. The fourth-order valence-electron chi connectivity index (χ4n) is 2.01. The number of para-hydroxylation sites is 1. The second kappa shape index (κ2) is 6.00. The normalized spacial score (nSPS) is 13.9. The first-order valence-corrected chi connectivity index (χ1v) is 6.77. The van der Waals surface area contributed by atoms with Gasteiger partial charge in [0.05, 0.1) is 5.25 Å². The number of hydrogen-bond donors (Lipinski definition) is 4. The van der Waals surface area contributed by atoms with Crippen molar-refractivity contribution in [3.8, 4) is 0 Å². The molecule has 5 nitrogen and oxygen atoms in total. The number of amides is 1. The first-order chi connectivity index (χ1) is 9.49. The Morgan fingerprint density at radius 2 is 2.10 bits per heavy atom. The number of benzene rings is 1. The van der Waals surface area contributed by atoms with Gasteiger partial charge < -0.3 is 15.4 Å². The van der Waals surface area contributed by atoms with Crippen LogP contribution in [0, 0.1) is 0 Å². The van der Waals surface area contributed by atoms with Crippen LogP contribution in [-0.4, -0.2) is 33.3 Å². The van der Waals surface area contributed by atoms with Gasteiger partial charge in [-0.3, -0.25) is 4.79 Å². The van der Waals surface area contributed by atoms with E-state index in [2.05, 4.69) is 22.9 Å². The number of aliphatic carboxylic acids is 1. The SMILES string of the molecule is CC(S)C(=O)NC(Cc1c[nH]c2ccccc12)C(=O)O. The fraction of sp³-hybridized carbons (Fsp3) is 0.286. The van der Waals surface area contributed by atoms with E-state index >= 15 is 0 Å². The van der Waals surface area contributed by atoms with Crippen LogP contribution in [0.15, 0.2) is 30.5 Å². The van der Waals surface area contributed by atoms with Gasteiger partial charge in [0.15, 0.2) is 0 Å². The molecule has 0 aliphatic carbocycles. The lowest BCUT2D eigenvalue weighted by Crippen LogP contribution is -2.44. The van der Waals surface area contributed by atoms with Gasteiger partial charge in [0, 0.05) is 23.5 Å². The molecule has 0 fully saturated rings. The summed E-state index contributed by atoms with van der Waals surface area (Å²) in [5, 5.41) is 12.1. The van der Waals surface area contributed by atoms with Gasteiger partial charge in [0.2, 0.25) is 5.91 Å². The minimum absolute atomic E-state index is 0.228. The summed E-state index contributed by atoms with van der Waals surface area (Å²) in [6.07, 6.45) is 2.00. The Kier molecular flexibility index (Phi) is 4.34. The molecule has 2 rings (SSSR count). The van der Waals surface area contributed by atoms with Crippen LogP contribution in [0.25, 0.3) is 10.9 Å². The van der Waals surface area contributed by atoms with Gasteiger partial charge in [-0.05, 0) is 18.6 Å². The molecule has 1 heterocycles. The van der Waals surface area contributed by atoms with Crippen LogP contribution in [0.1, 0.15) is 12.5 Å². The zero-order valence-electron chi connectivity index (χ0n) is 11.0. The van der Waals surface area contributed by atoms with E-state index in [9.17, 15) is 14.7 Å². The number of thiol groups is 1. The summed E-state index contributed by atoms with van der Waals surface area (Å²) in [7, 11) is 0. The molecule has 20 heavy (non-hydrogen) atoms. The number of carboxylic acids is 1. The maximum Gasteiger partial charge on any atom is 0.326 e. The Morgan fingerprint density at radius 3 is 2.75 bits per heavy atom. The molecule has 0 saturated heterocycles. The van der Waals surface area contributed by atoms with Crippen molar-refractivity contribution < 1.29 is 14.7 Å². The minimum Gasteiger partial charge on any atom is -0.480 e. The molecule has 1 amide bonds. The van der Waals surface area contributed by atoms with Crippen LogP contribution in [0.3, 0.4) is 0 Å². The highest BCUT2D eigenvalue weighted by Gasteiger charge is 2.23. The summed E-state index contributed by atoms with van der Waals surface area (Å²) in [4.78, 5) is 25.9. The predicted octanol–water partition coefficient (Wildman–Crippen LogP) is 1.60. The largest absolute Gasteiger partial charge is 0.480 e. The fourth-order valence-corrected chi connectivity index (χ4v) is 2.09. The number of carbonyl (C=O) groups excluding carboxylic acids is 1. The van der Waals surface area contributed by atoms with E-state index in [1.165, 1.54) is 0 Å². The summed E-state index contributed by atoms with van der Waals surface area (Å²) >= 11 is 4.00. The van der Waals surface area contributed by atoms with Gasteiger partial charge in [-0.25, -0.2) is 4.79 Å². The lowest BCUT2D eigenvalue weighted by Gasteiger charge is -2.15. The summed E-state index contributed by atoms with van der Waals surface area (Å²) in [6.45, 7) is 1.60. The Bertz CT molecular complexity index is 636. The van der Waals surface area contributed by atoms with Crippen molar-refractivity contribution in [3.05, 3.63) is 36.0 Å². The number of fused-ring (bicyclic) bond motifs is 1. The number of H-pyrrole nitrogens is 1. The number of carbonyl (C=O) groups is 2. The standard InChI is InChI=1S/C14H16N2O3S/c1-8(20)13(17)16-12(14(18)19)6-9-7-15-11-5-3-2-4-10(9)11/h2-5,7-8,12,15,20H,6H2,1H3,(H,16,17)(H,18,19). The van der Waals surface area contributed by atoms with E-state index in [1.807, 2.05) is 24.3 Å². The van der Waals surface area contributed by atoms with E-state index in [4.69, 9.17) is 0 Å². The lowest BCUT2D eigenvalue weighted by molar-refractivity contribution is -0.141. The molecular weight excluding hydrogens is 276 g/mol. The highest BCUT2D eigenvalue weighted by atomic mass is 32.1. The Balaban J connectivity index is 2.20. The zero-order chi connectivity index (χ0) is 14.7. The van der Waals surface area contributed by atoms with Crippen molar-refractivity contribution in [2.45, 2.75) is 24.6 Å². The molecule has 0 saturated carbocycles. The molecule has 0 spiro atoms. The number of rotatable bonds is 5. The van der Waals surface area contributed by atoms with Gasteiger partial charge in [0.1, 0.15) is 6.04 Å². The topological polar surface area (TPSA) is 82.2 Å². The van der Waals surface area contributed by atoms with Crippen LogP contribution >= 0.6 is 12.6 Å². The number of nitrogens with one attached hydrogen (secondary N) is 2. The van der Waals surface area contributed by atoms with Crippen LogP contribution in [0.5, 0.6) is 0 Å². The summed E-state index contributed by atoms with van der Waals surface area (Å²) in [5.74, 6) is -1.45. The molecule has 106 valence electrons. The molecule has 1 aromatic heterocycles. The number of aromatic amines is 1. The van der Waals surface area contributed by atoms with Crippen LogP contribution in [0.4, 0.5) is 0 Å². The van der Waals surface area contributed by atoms with Gasteiger partial charge in [-0.15, -0.1) is 0 Å². The summed E-state index contributed by atoms with van der Waals surface area (Å²) in [6, 6.07) is 6.67. The van der Waals surface area contributed by atoms with E-state index in [-0.39, 0.29) is 12.3 Å². The van der Waals surface area contributed by atoms with Crippen LogP contribution in [0.2, 0.25) is 0 Å². The molecule has 0 aliphatic heterocycles. The Hall–Kier alpha value is -1.95. The average molecular weight is 292 g/mol. The number of carboxylic acid groups (broad SMARTS) is 1. The van der Waals surface area contributed by atoms with Crippen LogP contribution in [-0.2, 0) is 16.0 Å². The second-order valence-electron chi connectivity index (χ2n) is 4.64. The molecule has 2 atom stereocenters. The minimum atomic E-state index is -1.06. The van der Waals surface area contributed by atoms with E-state index in [0.717, 1.165) is 16.5 Å². The molecule has 0 aliphatic rings. The maximum atomic E-state index is 11.6. The predicted molar refractivity (Wildman–Crippen MR) is 80.0 cm³/mol. The quantitative estimate of drug-likeness (QED) is 0.632. The van der Waals surface area contributed by atoms with Crippen LogP contribution < -0.4 is 5.32 Å². The van der Waals surface area contributed by atoms with Crippen molar-refractivity contribution in [2.75, 3.05) is 0 Å². The molecule has 2 aromatic rings. The zero-order valence-corrected chi connectivity index (χ0v) is 11.9. The molecule has 1 aromatic carbocycles. The van der Waals surface area contributed by atoms with E-state index in [0.29, 0.717) is 0 Å². The van der Waals surface area contributed by atoms with Gasteiger partial charge in [-0.2, -0.15) is 12.6 Å². The maximum absolute atomic E-state index is 11.6.